The van der Waals surface area contributed by atoms with Gasteiger partial charge in [0, 0.05) is 11.1 Å². The zero-order chi connectivity index (χ0) is 13.4. The van der Waals surface area contributed by atoms with Crippen molar-refractivity contribution in [1.82, 2.24) is 25.5 Å². The smallest absolute Gasteiger partial charge is 0.170 e. The Bertz CT molecular complexity index is 606. The molecule has 0 radical (unpaired) electrons. The second-order valence-corrected chi connectivity index (χ2v) is 5.53. The number of aryl methyl sites for hydroxylation is 1. The van der Waals surface area contributed by atoms with E-state index < -0.39 is 0 Å². The Morgan fingerprint density at radius 3 is 2.84 bits per heavy atom. The van der Waals surface area contributed by atoms with Crippen LogP contribution in [0.5, 0.6) is 0 Å². The maximum Gasteiger partial charge on any atom is 0.170 e. The average Bonchev–Trinajstić information content (AvgIpc) is 3.09. The minimum atomic E-state index is 0.585. The molecular weight excluding hydrogens is 285 g/mol. The van der Waals surface area contributed by atoms with E-state index in [0.717, 1.165) is 11.4 Å². The van der Waals surface area contributed by atoms with Crippen molar-refractivity contribution in [3.8, 4) is 5.69 Å². The number of halogens is 2. The van der Waals surface area contributed by atoms with Gasteiger partial charge in [0.05, 0.1) is 17.3 Å². The summed E-state index contributed by atoms with van der Waals surface area (Å²) in [6.45, 7) is 2.53. The highest BCUT2D eigenvalue weighted by Gasteiger charge is 2.22. The molecule has 0 unspecified atom stereocenters. The monoisotopic (exact) mass is 297 g/mol. The van der Waals surface area contributed by atoms with Crippen LogP contribution in [-0.2, 0) is 6.54 Å². The Hall–Kier alpha value is -1.17. The molecule has 1 aromatic heterocycles. The molecule has 0 bridgehead atoms. The number of hydrogen-bond donors (Lipinski definition) is 1. The first-order valence-electron chi connectivity index (χ1n) is 6.12. The lowest BCUT2D eigenvalue weighted by atomic mass is 10.2. The molecule has 1 N–H and O–H groups in total. The van der Waals surface area contributed by atoms with E-state index in [1.807, 2.05) is 13.0 Å². The molecule has 1 aliphatic carbocycles. The van der Waals surface area contributed by atoms with E-state index in [4.69, 9.17) is 23.2 Å². The van der Waals surface area contributed by atoms with E-state index in [-0.39, 0.29) is 0 Å². The summed E-state index contributed by atoms with van der Waals surface area (Å²) in [7, 11) is 0. The number of nitrogens with one attached hydrogen (secondary N) is 1. The lowest BCUT2D eigenvalue weighted by molar-refractivity contribution is 0.638. The van der Waals surface area contributed by atoms with E-state index in [0.29, 0.717) is 28.3 Å². The van der Waals surface area contributed by atoms with Crippen LogP contribution in [0.1, 0.15) is 24.2 Å². The molecule has 19 heavy (non-hydrogen) atoms. The highest BCUT2D eigenvalue weighted by Crippen LogP contribution is 2.27. The van der Waals surface area contributed by atoms with Gasteiger partial charge in [-0.05, 0) is 47.9 Å². The summed E-state index contributed by atoms with van der Waals surface area (Å²) >= 11 is 12.4. The quantitative estimate of drug-likeness (QED) is 0.942. The van der Waals surface area contributed by atoms with Crippen LogP contribution in [0.3, 0.4) is 0 Å². The first-order valence-corrected chi connectivity index (χ1v) is 6.87. The Morgan fingerprint density at radius 1 is 1.32 bits per heavy atom. The van der Waals surface area contributed by atoms with Gasteiger partial charge in [0.15, 0.2) is 5.82 Å². The van der Waals surface area contributed by atoms with E-state index in [9.17, 15) is 0 Å². The first-order chi connectivity index (χ1) is 9.15. The van der Waals surface area contributed by atoms with Gasteiger partial charge in [-0.3, -0.25) is 0 Å². The van der Waals surface area contributed by atoms with Crippen LogP contribution in [0.2, 0.25) is 10.0 Å². The van der Waals surface area contributed by atoms with Crippen LogP contribution in [0.4, 0.5) is 0 Å². The number of rotatable bonds is 4. The highest BCUT2D eigenvalue weighted by molar-refractivity contribution is 6.35. The molecule has 3 rings (SSSR count). The van der Waals surface area contributed by atoms with Gasteiger partial charge in [0.2, 0.25) is 0 Å². The summed E-state index contributed by atoms with van der Waals surface area (Å²) in [5.74, 6) is 0.730. The Balaban J connectivity index is 1.92. The molecule has 100 valence electrons. The predicted octanol–water partition coefficient (Wildman–Crippen LogP) is 2.53. The third-order valence-electron chi connectivity index (χ3n) is 3.12. The molecule has 0 amide bonds. The van der Waals surface area contributed by atoms with Gasteiger partial charge in [-0.15, -0.1) is 5.10 Å². The number of aromatic nitrogens is 4. The second-order valence-electron chi connectivity index (χ2n) is 4.71. The molecule has 1 aromatic carbocycles. The third-order valence-corrected chi connectivity index (χ3v) is 3.83. The van der Waals surface area contributed by atoms with Crippen LogP contribution >= 0.6 is 23.2 Å². The fraction of sp³-hybridized carbons (Fsp3) is 0.417. The summed E-state index contributed by atoms with van der Waals surface area (Å²) in [4.78, 5) is 0. The van der Waals surface area contributed by atoms with Crippen molar-refractivity contribution < 1.29 is 0 Å². The summed E-state index contributed by atoms with van der Waals surface area (Å²) < 4.78 is 1.63. The summed E-state index contributed by atoms with van der Waals surface area (Å²) in [5, 5.41) is 16.3. The van der Waals surface area contributed by atoms with Gasteiger partial charge >= 0.3 is 0 Å². The molecule has 1 aliphatic rings. The average molecular weight is 298 g/mol. The second kappa shape index (κ2) is 5.07. The van der Waals surface area contributed by atoms with Crippen LogP contribution in [0.25, 0.3) is 5.69 Å². The molecular formula is C12H13Cl2N5. The van der Waals surface area contributed by atoms with Crippen molar-refractivity contribution in [2.45, 2.75) is 32.4 Å². The molecule has 0 atom stereocenters. The minimum absolute atomic E-state index is 0.585. The van der Waals surface area contributed by atoms with Crippen molar-refractivity contribution in [2.24, 2.45) is 0 Å². The van der Waals surface area contributed by atoms with Crippen molar-refractivity contribution in [3.05, 3.63) is 33.6 Å². The van der Waals surface area contributed by atoms with Crippen molar-refractivity contribution in [3.63, 3.8) is 0 Å². The van der Waals surface area contributed by atoms with Crippen molar-refractivity contribution in [2.75, 3.05) is 0 Å². The predicted molar refractivity (Wildman–Crippen MR) is 73.8 cm³/mol. The molecule has 7 heteroatoms. The zero-order valence-corrected chi connectivity index (χ0v) is 11.9. The number of benzene rings is 1. The Kier molecular flexibility index (Phi) is 3.43. The molecule has 1 heterocycles. The maximum atomic E-state index is 6.24. The van der Waals surface area contributed by atoms with Gasteiger partial charge in [-0.25, -0.2) is 0 Å². The fourth-order valence-corrected chi connectivity index (χ4v) is 2.28. The van der Waals surface area contributed by atoms with Gasteiger partial charge in [-0.2, -0.15) is 4.68 Å². The van der Waals surface area contributed by atoms with Gasteiger partial charge in [0.1, 0.15) is 0 Å². The number of hydrogen-bond acceptors (Lipinski definition) is 4. The molecule has 1 saturated carbocycles. The molecule has 0 aliphatic heterocycles. The van der Waals surface area contributed by atoms with Crippen LogP contribution in [0.15, 0.2) is 12.1 Å². The number of nitrogens with zero attached hydrogens (tertiary/aromatic N) is 4. The Morgan fingerprint density at radius 2 is 2.11 bits per heavy atom. The largest absolute Gasteiger partial charge is 0.307 e. The Labute approximate surface area is 120 Å². The summed E-state index contributed by atoms with van der Waals surface area (Å²) in [6, 6.07) is 4.21. The molecule has 5 nitrogen and oxygen atoms in total. The van der Waals surface area contributed by atoms with E-state index in [1.165, 1.54) is 12.8 Å². The lowest BCUT2D eigenvalue weighted by Gasteiger charge is -2.09. The van der Waals surface area contributed by atoms with E-state index in [1.54, 1.807) is 10.7 Å². The molecule has 2 aromatic rings. The molecule has 0 saturated heterocycles. The van der Waals surface area contributed by atoms with Gasteiger partial charge in [-0.1, -0.05) is 23.2 Å². The maximum absolute atomic E-state index is 6.24. The van der Waals surface area contributed by atoms with E-state index >= 15 is 0 Å². The standard InChI is InChI=1S/C12H13Cl2N5/c1-7-4-10(14)11(5-9(7)13)19-12(16-17-18-19)6-15-8-2-3-8/h4-5,8,15H,2-3,6H2,1H3. The summed E-state index contributed by atoms with van der Waals surface area (Å²) in [6.07, 6.45) is 2.44. The SMILES string of the molecule is Cc1cc(Cl)c(-n2nnnc2CNC2CC2)cc1Cl. The van der Waals surface area contributed by atoms with Gasteiger partial charge in [0.25, 0.3) is 0 Å². The first kappa shape index (κ1) is 12.8. The van der Waals surface area contributed by atoms with Gasteiger partial charge < -0.3 is 5.32 Å². The normalized spacial score (nSPS) is 14.9. The zero-order valence-electron chi connectivity index (χ0n) is 10.4. The number of tetrazole rings is 1. The molecule has 1 fully saturated rings. The van der Waals surface area contributed by atoms with Crippen molar-refractivity contribution in [1.29, 1.82) is 0 Å². The topological polar surface area (TPSA) is 55.6 Å². The van der Waals surface area contributed by atoms with Crippen molar-refractivity contribution >= 4 is 23.2 Å². The lowest BCUT2D eigenvalue weighted by Crippen LogP contribution is -2.19. The van der Waals surface area contributed by atoms with Crippen LogP contribution < -0.4 is 5.32 Å². The highest BCUT2D eigenvalue weighted by atomic mass is 35.5. The van der Waals surface area contributed by atoms with E-state index in [2.05, 4.69) is 20.8 Å². The van der Waals surface area contributed by atoms with Crippen LogP contribution in [0, 0.1) is 6.92 Å². The fourth-order valence-electron chi connectivity index (χ4n) is 1.82. The minimum Gasteiger partial charge on any atom is -0.307 e. The van der Waals surface area contributed by atoms with Crippen LogP contribution in [-0.4, -0.2) is 26.2 Å². The summed E-state index contributed by atoms with van der Waals surface area (Å²) in [5.41, 5.74) is 1.64. The molecule has 0 spiro atoms. The third kappa shape index (κ3) is 2.73.